The van der Waals surface area contributed by atoms with E-state index in [2.05, 4.69) is 14.5 Å². The third-order valence-corrected chi connectivity index (χ3v) is 7.10. The number of hydrogen-bond acceptors (Lipinski definition) is 5. The van der Waals surface area contributed by atoms with Gasteiger partial charge in [0, 0.05) is 43.4 Å². The molecule has 1 fully saturated rings. The van der Waals surface area contributed by atoms with Crippen LogP contribution in [0.2, 0.25) is 5.02 Å². The highest BCUT2D eigenvalue weighted by molar-refractivity contribution is 7.89. The van der Waals surface area contributed by atoms with Crippen LogP contribution in [0.15, 0.2) is 76.2 Å². The lowest BCUT2D eigenvalue weighted by Crippen LogP contribution is -2.49. The number of anilines is 1. The van der Waals surface area contributed by atoms with E-state index in [4.69, 9.17) is 16.0 Å². The van der Waals surface area contributed by atoms with Crippen molar-refractivity contribution >= 4 is 27.3 Å². The fraction of sp³-hybridized carbons (Fsp3) is 0.273. The largest absolute Gasteiger partial charge is 0.468 e. The molecule has 1 atom stereocenters. The van der Waals surface area contributed by atoms with Gasteiger partial charge in [-0.1, -0.05) is 11.6 Å². The standard InChI is InChI=1S/C22H23ClFN3O3S/c23-17-3-9-20(10-4-17)31(28,29)25-16-21(22-2-1-15-30-22)27-13-11-26(12-14-27)19-7-5-18(24)6-8-19/h1-10,15,21,25H,11-14,16H2/t21-/m0/s1. The zero-order valence-corrected chi connectivity index (χ0v) is 18.3. The molecule has 1 N–H and O–H groups in total. The number of sulfonamides is 1. The second-order valence-corrected chi connectivity index (χ2v) is 9.54. The molecule has 0 unspecified atom stereocenters. The van der Waals surface area contributed by atoms with E-state index >= 15 is 0 Å². The second-order valence-electron chi connectivity index (χ2n) is 7.34. The van der Waals surface area contributed by atoms with Gasteiger partial charge in [0.15, 0.2) is 0 Å². The molecule has 0 bridgehead atoms. The van der Waals surface area contributed by atoms with Gasteiger partial charge in [-0.3, -0.25) is 4.90 Å². The Bertz CT molecular complexity index is 1080. The summed E-state index contributed by atoms with van der Waals surface area (Å²) < 4.78 is 47.0. The van der Waals surface area contributed by atoms with Gasteiger partial charge in [-0.25, -0.2) is 17.5 Å². The number of furan rings is 1. The van der Waals surface area contributed by atoms with Gasteiger partial charge in [-0.15, -0.1) is 0 Å². The van der Waals surface area contributed by atoms with Crippen molar-refractivity contribution in [2.24, 2.45) is 0 Å². The number of rotatable bonds is 7. The van der Waals surface area contributed by atoms with E-state index in [0.717, 1.165) is 18.8 Å². The van der Waals surface area contributed by atoms with Crippen LogP contribution in [0.5, 0.6) is 0 Å². The SMILES string of the molecule is O=S(=O)(NC[C@@H](c1ccco1)N1CCN(c2ccc(F)cc2)CC1)c1ccc(Cl)cc1. The Morgan fingerprint density at radius 1 is 1.00 bits per heavy atom. The molecule has 0 spiro atoms. The predicted octanol–water partition coefficient (Wildman–Crippen LogP) is 3.91. The normalized spacial score (nSPS) is 16.4. The molecular formula is C22H23ClFN3O3S. The lowest BCUT2D eigenvalue weighted by Gasteiger charge is -2.39. The van der Waals surface area contributed by atoms with Crippen molar-refractivity contribution in [1.82, 2.24) is 9.62 Å². The van der Waals surface area contributed by atoms with Gasteiger partial charge < -0.3 is 9.32 Å². The van der Waals surface area contributed by atoms with Crippen LogP contribution in [0.3, 0.4) is 0 Å². The zero-order chi connectivity index (χ0) is 21.8. The second kappa shape index (κ2) is 9.40. The highest BCUT2D eigenvalue weighted by Crippen LogP contribution is 2.25. The summed E-state index contributed by atoms with van der Waals surface area (Å²) in [4.78, 5) is 4.55. The van der Waals surface area contributed by atoms with Crippen LogP contribution in [-0.4, -0.2) is 46.0 Å². The average molecular weight is 464 g/mol. The first-order chi connectivity index (χ1) is 14.9. The highest BCUT2D eigenvalue weighted by atomic mass is 35.5. The first-order valence-electron chi connectivity index (χ1n) is 9.95. The summed E-state index contributed by atoms with van der Waals surface area (Å²) >= 11 is 5.87. The van der Waals surface area contributed by atoms with Gasteiger partial charge in [0.2, 0.25) is 10.0 Å². The van der Waals surface area contributed by atoms with Gasteiger partial charge >= 0.3 is 0 Å². The van der Waals surface area contributed by atoms with Crippen molar-refractivity contribution in [3.63, 3.8) is 0 Å². The molecule has 9 heteroatoms. The zero-order valence-electron chi connectivity index (χ0n) is 16.7. The molecule has 2 aromatic carbocycles. The van der Waals surface area contributed by atoms with Gasteiger partial charge in [0.25, 0.3) is 0 Å². The first-order valence-corrected chi connectivity index (χ1v) is 11.8. The van der Waals surface area contributed by atoms with Gasteiger partial charge in [0.1, 0.15) is 11.6 Å². The molecule has 31 heavy (non-hydrogen) atoms. The molecular weight excluding hydrogens is 441 g/mol. The van der Waals surface area contributed by atoms with Crippen molar-refractivity contribution in [2.75, 3.05) is 37.6 Å². The number of nitrogens with one attached hydrogen (secondary N) is 1. The van der Waals surface area contributed by atoms with E-state index in [-0.39, 0.29) is 23.3 Å². The third-order valence-electron chi connectivity index (χ3n) is 5.41. The van der Waals surface area contributed by atoms with Gasteiger partial charge in [-0.05, 0) is 60.7 Å². The first kappa shape index (κ1) is 21.8. The molecule has 4 rings (SSSR count). The fourth-order valence-electron chi connectivity index (χ4n) is 3.72. The quantitative estimate of drug-likeness (QED) is 0.575. The lowest BCUT2D eigenvalue weighted by molar-refractivity contribution is 0.166. The van der Waals surface area contributed by atoms with Crippen molar-refractivity contribution in [2.45, 2.75) is 10.9 Å². The number of nitrogens with zero attached hydrogens (tertiary/aromatic N) is 2. The molecule has 0 aliphatic carbocycles. The molecule has 0 radical (unpaired) electrons. The van der Waals surface area contributed by atoms with Crippen molar-refractivity contribution in [3.8, 4) is 0 Å². The summed E-state index contributed by atoms with van der Waals surface area (Å²) in [5.41, 5.74) is 0.971. The van der Waals surface area contributed by atoms with Crippen LogP contribution in [0.25, 0.3) is 0 Å². The highest BCUT2D eigenvalue weighted by Gasteiger charge is 2.28. The fourth-order valence-corrected chi connectivity index (χ4v) is 4.88. The maximum Gasteiger partial charge on any atom is 0.240 e. The Hall–Kier alpha value is -2.39. The van der Waals surface area contributed by atoms with Crippen LogP contribution in [0.1, 0.15) is 11.8 Å². The van der Waals surface area contributed by atoms with Gasteiger partial charge in [-0.2, -0.15) is 0 Å². The average Bonchev–Trinajstić information content (AvgIpc) is 3.30. The number of hydrogen-bond donors (Lipinski definition) is 1. The Morgan fingerprint density at radius 2 is 1.68 bits per heavy atom. The summed E-state index contributed by atoms with van der Waals surface area (Å²) in [7, 11) is -3.68. The minimum Gasteiger partial charge on any atom is -0.468 e. The monoisotopic (exact) mass is 463 g/mol. The Morgan fingerprint density at radius 3 is 2.29 bits per heavy atom. The minimum absolute atomic E-state index is 0.163. The minimum atomic E-state index is -3.68. The summed E-state index contributed by atoms with van der Waals surface area (Å²) in [6.07, 6.45) is 1.59. The summed E-state index contributed by atoms with van der Waals surface area (Å²) in [6.45, 7) is 3.09. The molecule has 1 saturated heterocycles. The number of halogens is 2. The summed E-state index contributed by atoms with van der Waals surface area (Å²) in [6, 6.07) is 15.9. The van der Waals surface area contributed by atoms with E-state index in [1.54, 1.807) is 36.6 Å². The summed E-state index contributed by atoms with van der Waals surface area (Å²) in [5, 5.41) is 0.478. The maximum atomic E-state index is 13.2. The number of piperazine rings is 1. The van der Waals surface area contributed by atoms with Crippen molar-refractivity contribution in [1.29, 1.82) is 0 Å². The van der Waals surface area contributed by atoms with Crippen molar-refractivity contribution in [3.05, 3.63) is 83.5 Å². The van der Waals surface area contributed by atoms with E-state index in [9.17, 15) is 12.8 Å². The van der Waals surface area contributed by atoms with Crippen LogP contribution < -0.4 is 9.62 Å². The maximum absolute atomic E-state index is 13.2. The predicted molar refractivity (Wildman–Crippen MR) is 118 cm³/mol. The molecule has 3 aromatic rings. The molecule has 1 aliphatic rings. The van der Waals surface area contributed by atoms with E-state index in [1.165, 1.54) is 24.3 Å². The van der Waals surface area contributed by atoms with Crippen LogP contribution in [0.4, 0.5) is 10.1 Å². The molecule has 164 valence electrons. The summed E-state index contributed by atoms with van der Waals surface area (Å²) in [5.74, 6) is 0.447. The Kier molecular flexibility index (Phi) is 6.62. The lowest BCUT2D eigenvalue weighted by atomic mass is 10.1. The molecule has 1 aliphatic heterocycles. The third kappa shape index (κ3) is 5.27. The van der Waals surface area contributed by atoms with Gasteiger partial charge in [0.05, 0.1) is 17.2 Å². The molecule has 0 amide bonds. The molecule has 2 heterocycles. The van der Waals surface area contributed by atoms with Crippen LogP contribution in [0, 0.1) is 5.82 Å². The smallest absolute Gasteiger partial charge is 0.240 e. The topological polar surface area (TPSA) is 65.8 Å². The van der Waals surface area contributed by atoms with E-state index in [1.807, 2.05) is 6.07 Å². The molecule has 0 saturated carbocycles. The Balaban J connectivity index is 1.44. The molecule has 1 aromatic heterocycles. The molecule has 6 nitrogen and oxygen atoms in total. The number of benzene rings is 2. The van der Waals surface area contributed by atoms with E-state index < -0.39 is 10.0 Å². The van der Waals surface area contributed by atoms with Crippen LogP contribution >= 0.6 is 11.6 Å². The van der Waals surface area contributed by atoms with E-state index in [0.29, 0.717) is 23.9 Å². The van der Waals surface area contributed by atoms with Crippen LogP contribution in [-0.2, 0) is 10.0 Å². The Labute approximate surface area is 186 Å². The van der Waals surface area contributed by atoms with Crippen molar-refractivity contribution < 1.29 is 17.2 Å².